The van der Waals surface area contributed by atoms with E-state index in [1.807, 2.05) is 0 Å². The summed E-state index contributed by atoms with van der Waals surface area (Å²) in [4.78, 5) is 0.00533. The zero-order valence-electron chi connectivity index (χ0n) is 9.63. The molecule has 2 aromatic carbocycles. The van der Waals surface area contributed by atoms with Crippen LogP contribution in [0, 0.1) is 12.7 Å². The maximum absolute atomic E-state index is 13.3. The van der Waals surface area contributed by atoms with Gasteiger partial charge < -0.3 is 4.18 Å². The molecule has 0 spiro atoms. The highest BCUT2D eigenvalue weighted by Gasteiger charge is 2.18. The fraction of sp³-hybridized carbons (Fsp3) is 0.0769. The Hall–Kier alpha value is -1.88. The Kier molecular flexibility index (Phi) is 3.34. The molecule has 2 rings (SSSR count). The van der Waals surface area contributed by atoms with Crippen LogP contribution in [-0.2, 0) is 10.1 Å². The van der Waals surface area contributed by atoms with Gasteiger partial charge in [-0.3, -0.25) is 0 Å². The minimum absolute atomic E-state index is 0.00533. The molecule has 0 bridgehead atoms. The van der Waals surface area contributed by atoms with Crippen LogP contribution in [0.5, 0.6) is 5.75 Å². The van der Waals surface area contributed by atoms with Crippen molar-refractivity contribution in [3.05, 3.63) is 59.9 Å². The summed E-state index contributed by atoms with van der Waals surface area (Å²) in [5.41, 5.74) is 0.785. The molecule has 5 heteroatoms. The molecular formula is C13H11FO3S. The van der Waals surface area contributed by atoms with Gasteiger partial charge in [0, 0.05) is 0 Å². The summed E-state index contributed by atoms with van der Waals surface area (Å²) in [5, 5.41) is 0. The molecule has 0 aliphatic heterocycles. The van der Waals surface area contributed by atoms with E-state index in [-0.39, 0.29) is 10.6 Å². The van der Waals surface area contributed by atoms with E-state index in [1.165, 1.54) is 30.3 Å². The Bertz CT molecular complexity index is 665. The first-order chi connectivity index (χ1) is 8.49. The van der Waals surface area contributed by atoms with Crippen molar-refractivity contribution in [1.82, 2.24) is 0 Å². The molecule has 0 aromatic heterocycles. The predicted molar refractivity (Wildman–Crippen MR) is 65.4 cm³/mol. The highest BCUT2D eigenvalue weighted by Crippen LogP contribution is 2.21. The minimum Gasteiger partial charge on any atom is -0.376 e. The molecule has 2 aromatic rings. The predicted octanol–water partition coefficient (Wildman–Crippen LogP) is 2.90. The lowest BCUT2D eigenvalue weighted by atomic mass is 10.2. The van der Waals surface area contributed by atoms with Crippen molar-refractivity contribution in [2.24, 2.45) is 0 Å². The second-order valence-corrected chi connectivity index (χ2v) is 5.33. The van der Waals surface area contributed by atoms with E-state index in [9.17, 15) is 12.8 Å². The lowest BCUT2D eigenvalue weighted by molar-refractivity contribution is 0.461. The summed E-state index contributed by atoms with van der Waals surface area (Å²) in [6, 6.07) is 11.6. The summed E-state index contributed by atoms with van der Waals surface area (Å²) in [6.07, 6.45) is 0. The number of hydrogen-bond donors (Lipinski definition) is 0. The van der Waals surface area contributed by atoms with Crippen LogP contribution >= 0.6 is 0 Å². The van der Waals surface area contributed by atoms with Crippen molar-refractivity contribution in [2.45, 2.75) is 11.8 Å². The van der Waals surface area contributed by atoms with Crippen LogP contribution in [0.1, 0.15) is 5.56 Å². The maximum atomic E-state index is 13.3. The van der Waals surface area contributed by atoms with Crippen molar-refractivity contribution >= 4 is 10.1 Å². The van der Waals surface area contributed by atoms with Gasteiger partial charge in [0.1, 0.15) is 4.90 Å². The van der Waals surface area contributed by atoms with Crippen LogP contribution in [0.25, 0.3) is 0 Å². The normalized spacial score (nSPS) is 11.2. The Labute approximate surface area is 105 Å². The van der Waals surface area contributed by atoms with Crippen LogP contribution in [0.3, 0.4) is 0 Å². The Morgan fingerprint density at radius 3 is 2.44 bits per heavy atom. The van der Waals surface area contributed by atoms with Gasteiger partial charge in [-0.1, -0.05) is 24.3 Å². The smallest absolute Gasteiger partial charge is 0.339 e. The molecule has 0 atom stereocenters. The summed E-state index contributed by atoms with van der Waals surface area (Å²) in [6.45, 7) is 1.77. The number of aryl methyl sites for hydroxylation is 1. The average Bonchev–Trinajstić information content (AvgIpc) is 2.32. The zero-order valence-corrected chi connectivity index (χ0v) is 10.4. The second kappa shape index (κ2) is 4.78. The number of para-hydroxylation sites is 1. The lowest BCUT2D eigenvalue weighted by Gasteiger charge is -2.07. The molecule has 0 fully saturated rings. The molecule has 0 saturated carbocycles. The van der Waals surface area contributed by atoms with E-state index < -0.39 is 15.9 Å². The highest BCUT2D eigenvalue weighted by molar-refractivity contribution is 7.87. The fourth-order valence-corrected chi connectivity index (χ4v) is 2.49. The Morgan fingerprint density at radius 1 is 1.06 bits per heavy atom. The van der Waals surface area contributed by atoms with Crippen LogP contribution in [-0.4, -0.2) is 8.42 Å². The molecule has 0 aliphatic rings. The van der Waals surface area contributed by atoms with E-state index in [0.717, 1.165) is 11.6 Å². The SMILES string of the molecule is Cc1cccc(S(=O)(=O)Oc2ccccc2F)c1. The molecule has 3 nitrogen and oxygen atoms in total. The molecule has 0 aliphatic carbocycles. The van der Waals surface area contributed by atoms with Crippen LogP contribution < -0.4 is 4.18 Å². The van der Waals surface area contributed by atoms with Crippen molar-refractivity contribution in [2.75, 3.05) is 0 Å². The minimum atomic E-state index is -4.00. The molecule has 0 radical (unpaired) electrons. The lowest BCUT2D eigenvalue weighted by Crippen LogP contribution is -2.10. The largest absolute Gasteiger partial charge is 0.376 e. The van der Waals surface area contributed by atoms with E-state index in [2.05, 4.69) is 0 Å². The number of hydrogen-bond acceptors (Lipinski definition) is 3. The molecule has 0 N–H and O–H groups in total. The number of benzene rings is 2. The zero-order chi connectivity index (χ0) is 13.2. The van der Waals surface area contributed by atoms with Gasteiger partial charge in [0.05, 0.1) is 0 Å². The van der Waals surface area contributed by atoms with Crippen LogP contribution in [0.4, 0.5) is 4.39 Å². The molecule has 18 heavy (non-hydrogen) atoms. The van der Waals surface area contributed by atoms with Gasteiger partial charge in [-0.15, -0.1) is 0 Å². The standard InChI is InChI=1S/C13H11FO3S/c1-10-5-4-6-11(9-10)18(15,16)17-13-8-3-2-7-12(13)14/h2-9H,1H3. The van der Waals surface area contributed by atoms with E-state index in [4.69, 9.17) is 4.18 Å². The summed E-state index contributed by atoms with van der Waals surface area (Å²) in [7, 11) is -4.00. The van der Waals surface area contributed by atoms with Crippen molar-refractivity contribution in [3.8, 4) is 5.75 Å². The fourth-order valence-electron chi connectivity index (χ4n) is 1.45. The van der Waals surface area contributed by atoms with E-state index in [1.54, 1.807) is 19.1 Å². The third-order valence-electron chi connectivity index (χ3n) is 2.31. The van der Waals surface area contributed by atoms with Crippen molar-refractivity contribution in [1.29, 1.82) is 0 Å². The first-order valence-corrected chi connectivity index (χ1v) is 6.65. The molecule has 94 valence electrons. The average molecular weight is 266 g/mol. The van der Waals surface area contributed by atoms with Crippen molar-refractivity contribution in [3.63, 3.8) is 0 Å². The Morgan fingerprint density at radius 2 is 1.78 bits per heavy atom. The van der Waals surface area contributed by atoms with Gasteiger partial charge in [0.2, 0.25) is 0 Å². The first-order valence-electron chi connectivity index (χ1n) is 5.25. The maximum Gasteiger partial charge on any atom is 0.339 e. The van der Waals surface area contributed by atoms with Gasteiger partial charge in [-0.2, -0.15) is 8.42 Å². The van der Waals surface area contributed by atoms with E-state index in [0.29, 0.717) is 0 Å². The molecule has 0 unspecified atom stereocenters. The Balaban J connectivity index is 2.37. The van der Waals surface area contributed by atoms with Gasteiger partial charge >= 0.3 is 10.1 Å². The topological polar surface area (TPSA) is 43.4 Å². The van der Waals surface area contributed by atoms with Crippen LogP contribution in [0.2, 0.25) is 0 Å². The second-order valence-electron chi connectivity index (χ2n) is 3.78. The van der Waals surface area contributed by atoms with E-state index >= 15 is 0 Å². The highest BCUT2D eigenvalue weighted by atomic mass is 32.2. The molecule has 0 heterocycles. The van der Waals surface area contributed by atoms with Gasteiger partial charge in [0.15, 0.2) is 11.6 Å². The van der Waals surface area contributed by atoms with Crippen LogP contribution in [0.15, 0.2) is 53.4 Å². The van der Waals surface area contributed by atoms with Crippen molar-refractivity contribution < 1.29 is 17.0 Å². The van der Waals surface area contributed by atoms with Gasteiger partial charge in [0.25, 0.3) is 0 Å². The monoisotopic (exact) mass is 266 g/mol. The number of halogens is 1. The van der Waals surface area contributed by atoms with Gasteiger partial charge in [-0.25, -0.2) is 4.39 Å². The third-order valence-corrected chi connectivity index (χ3v) is 3.54. The number of rotatable bonds is 3. The molecule has 0 saturated heterocycles. The quantitative estimate of drug-likeness (QED) is 0.802. The molecular weight excluding hydrogens is 255 g/mol. The first kappa shape index (κ1) is 12.6. The summed E-state index contributed by atoms with van der Waals surface area (Å²) < 4.78 is 41.9. The molecule has 0 amide bonds. The third kappa shape index (κ3) is 2.68. The van der Waals surface area contributed by atoms with Gasteiger partial charge in [-0.05, 0) is 36.8 Å². The summed E-state index contributed by atoms with van der Waals surface area (Å²) in [5.74, 6) is -1.02. The summed E-state index contributed by atoms with van der Waals surface area (Å²) >= 11 is 0.